The summed E-state index contributed by atoms with van der Waals surface area (Å²) in [5.74, 6) is 0.0760. The number of nitrogens with one attached hydrogen (secondary N) is 1. The lowest BCUT2D eigenvalue weighted by Gasteiger charge is -2.14. The highest BCUT2D eigenvalue weighted by atomic mass is 16.5. The number of carbonyl (C=O) groups excluding carboxylic acids is 1. The Morgan fingerprint density at radius 3 is 2.63 bits per heavy atom. The fourth-order valence-electron chi connectivity index (χ4n) is 2.85. The number of ether oxygens (including phenoxy) is 1. The van der Waals surface area contributed by atoms with Crippen molar-refractivity contribution in [3.63, 3.8) is 0 Å². The molecule has 0 saturated heterocycles. The van der Waals surface area contributed by atoms with Crippen LogP contribution >= 0.6 is 0 Å². The summed E-state index contributed by atoms with van der Waals surface area (Å²) in [5, 5.41) is 15.2. The number of hydrogen-bond acceptors (Lipinski definition) is 5. The van der Waals surface area contributed by atoms with Gasteiger partial charge in [0.15, 0.2) is 5.69 Å². The minimum Gasteiger partial charge on any atom is -0.507 e. The largest absolute Gasteiger partial charge is 0.507 e. The average molecular weight is 362 g/mol. The van der Waals surface area contributed by atoms with Crippen molar-refractivity contribution >= 4 is 28.2 Å². The number of carbonyl (C=O) groups is 1. The molecule has 0 atom stereocenters. The lowest BCUT2D eigenvalue weighted by atomic mass is 10.0. The third kappa shape index (κ3) is 3.92. The predicted octanol–water partition coefficient (Wildman–Crippen LogP) is 4.90. The fourth-order valence-corrected chi connectivity index (χ4v) is 2.85. The number of anilines is 2. The standard InChI is InChI=1S/C22H22N2O3/c1-4-6-15-9-12-17-18(20(15)25)13-19(22(26)27-5-2)24-21(17)23-16-10-7-14(3)8-11-16/h4,7-13,25H,1,5-6H2,2-3H3,(H,23,24). The molecule has 0 spiro atoms. The van der Waals surface area contributed by atoms with E-state index in [1.807, 2.05) is 43.3 Å². The van der Waals surface area contributed by atoms with Crippen LogP contribution in [0.4, 0.5) is 11.5 Å². The van der Waals surface area contributed by atoms with Crippen molar-refractivity contribution in [1.82, 2.24) is 4.98 Å². The Morgan fingerprint density at radius 1 is 1.22 bits per heavy atom. The van der Waals surface area contributed by atoms with E-state index in [-0.39, 0.29) is 18.1 Å². The minimum absolute atomic E-state index is 0.118. The van der Waals surface area contributed by atoms with E-state index in [0.717, 1.165) is 16.8 Å². The van der Waals surface area contributed by atoms with Crippen LogP contribution in [0.5, 0.6) is 5.75 Å². The van der Waals surface area contributed by atoms with E-state index >= 15 is 0 Å². The maximum absolute atomic E-state index is 12.2. The molecule has 138 valence electrons. The van der Waals surface area contributed by atoms with Crippen LogP contribution in [0.25, 0.3) is 10.8 Å². The number of esters is 1. The lowest BCUT2D eigenvalue weighted by molar-refractivity contribution is 0.0520. The van der Waals surface area contributed by atoms with E-state index < -0.39 is 5.97 Å². The van der Waals surface area contributed by atoms with Gasteiger partial charge in [-0.2, -0.15) is 0 Å². The molecular weight excluding hydrogens is 340 g/mol. The molecular formula is C22H22N2O3. The number of benzene rings is 2. The Labute approximate surface area is 158 Å². The van der Waals surface area contributed by atoms with Crippen LogP contribution in [0, 0.1) is 6.92 Å². The average Bonchev–Trinajstić information content (AvgIpc) is 2.66. The molecule has 0 aliphatic heterocycles. The fraction of sp³-hybridized carbons (Fsp3) is 0.182. The number of fused-ring (bicyclic) bond motifs is 1. The van der Waals surface area contributed by atoms with E-state index in [2.05, 4.69) is 16.9 Å². The summed E-state index contributed by atoms with van der Waals surface area (Å²) in [6, 6.07) is 13.1. The highest BCUT2D eigenvalue weighted by molar-refractivity contribution is 6.02. The number of rotatable bonds is 6. The van der Waals surface area contributed by atoms with Gasteiger partial charge >= 0.3 is 5.97 Å². The molecule has 0 saturated carbocycles. The van der Waals surface area contributed by atoms with E-state index in [4.69, 9.17) is 4.74 Å². The number of hydrogen-bond donors (Lipinski definition) is 2. The first kappa shape index (κ1) is 18.5. The molecule has 0 unspecified atom stereocenters. The van der Waals surface area contributed by atoms with Crippen LogP contribution in [-0.4, -0.2) is 22.7 Å². The van der Waals surface area contributed by atoms with Gasteiger partial charge in [-0.15, -0.1) is 6.58 Å². The summed E-state index contributed by atoms with van der Waals surface area (Å²) >= 11 is 0. The number of aromatic nitrogens is 1. The molecule has 3 aromatic rings. The molecule has 0 aliphatic rings. The van der Waals surface area contributed by atoms with Crippen molar-refractivity contribution in [1.29, 1.82) is 0 Å². The molecule has 0 amide bonds. The molecule has 2 aromatic carbocycles. The molecule has 0 aliphatic carbocycles. The highest BCUT2D eigenvalue weighted by Gasteiger charge is 2.17. The number of phenolic OH excluding ortho intramolecular Hbond substituents is 1. The van der Waals surface area contributed by atoms with Gasteiger partial charge in [0, 0.05) is 16.5 Å². The van der Waals surface area contributed by atoms with Crippen molar-refractivity contribution in [2.45, 2.75) is 20.3 Å². The third-order valence-corrected chi connectivity index (χ3v) is 4.23. The molecule has 1 heterocycles. The maximum atomic E-state index is 12.2. The van der Waals surface area contributed by atoms with Gasteiger partial charge in [0.1, 0.15) is 11.6 Å². The molecule has 1 aromatic heterocycles. The summed E-state index contributed by atoms with van der Waals surface area (Å²) in [7, 11) is 0. The summed E-state index contributed by atoms with van der Waals surface area (Å²) in [6.07, 6.45) is 2.25. The number of aryl methyl sites for hydroxylation is 1. The number of pyridine rings is 1. The van der Waals surface area contributed by atoms with Gasteiger partial charge in [-0.1, -0.05) is 35.9 Å². The second kappa shape index (κ2) is 7.91. The molecule has 0 fully saturated rings. The zero-order valence-electron chi connectivity index (χ0n) is 15.5. The first-order chi connectivity index (χ1) is 13.0. The Hall–Kier alpha value is -3.34. The number of aromatic hydroxyl groups is 1. The van der Waals surface area contributed by atoms with Gasteiger partial charge in [0.05, 0.1) is 6.61 Å². The second-order valence-electron chi connectivity index (χ2n) is 6.23. The molecule has 2 N–H and O–H groups in total. The van der Waals surface area contributed by atoms with E-state index in [0.29, 0.717) is 23.0 Å². The van der Waals surface area contributed by atoms with Crippen LogP contribution in [-0.2, 0) is 11.2 Å². The van der Waals surface area contributed by atoms with Gasteiger partial charge < -0.3 is 15.2 Å². The van der Waals surface area contributed by atoms with Crippen molar-refractivity contribution < 1.29 is 14.6 Å². The zero-order valence-corrected chi connectivity index (χ0v) is 15.5. The van der Waals surface area contributed by atoms with Gasteiger partial charge in [-0.25, -0.2) is 9.78 Å². The van der Waals surface area contributed by atoms with Crippen LogP contribution in [0.15, 0.2) is 55.1 Å². The summed E-state index contributed by atoms with van der Waals surface area (Å²) < 4.78 is 5.09. The van der Waals surface area contributed by atoms with Crippen LogP contribution in [0.2, 0.25) is 0 Å². The summed E-state index contributed by atoms with van der Waals surface area (Å²) in [4.78, 5) is 16.7. The summed E-state index contributed by atoms with van der Waals surface area (Å²) in [5.41, 5.74) is 2.86. The van der Waals surface area contributed by atoms with Crippen molar-refractivity contribution in [2.24, 2.45) is 0 Å². The van der Waals surface area contributed by atoms with Crippen LogP contribution in [0.3, 0.4) is 0 Å². The number of phenols is 1. The molecule has 3 rings (SSSR count). The highest BCUT2D eigenvalue weighted by Crippen LogP contribution is 2.34. The normalized spacial score (nSPS) is 10.6. The van der Waals surface area contributed by atoms with Crippen LogP contribution < -0.4 is 5.32 Å². The lowest BCUT2D eigenvalue weighted by Crippen LogP contribution is -2.09. The smallest absolute Gasteiger partial charge is 0.357 e. The van der Waals surface area contributed by atoms with Gasteiger partial charge in [-0.05, 0) is 44.0 Å². The van der Waals surface area contributed by atoms with Crippen LogP contribution in [0.1, 0.15) is 28.5 Å². The Morgan fingerprint density at radius 2 is 1.96 bits per heavy atom. The molecule has 0 bridgehead atoms. The number of allylic oxidation sites excluding steroid dienone is 1. The Kier molecular flexibility index (Phi) is 5.41. The third-order valence-electron chi connectivity index (χ3n) is 4.23. The van der Waals surface area contributed by atoms with E-state index in [9.17, 15) is 9.90 Å². The Balaban J connectivity index is 2.16. The van der Waals surface area contributed by atoms with Gasteiger partial charge in [0.2, 0.25) is 0 Å². The first-order valence-electron chi connectivity index (χ1n) is 8.80. The zero-order chi connectivity index (χ0) is 19.4. The van der Waals surface area contributed by atoms with Gasteiger partial charge in [-0.3, -0.25) is 0 Å². The SMILES string of the molecule is C=CCc1ccc2c(Nc3ccc(C)cc3)nc(C(=O)OCC)cc2c1O. The first-order valence-corrected chi connectivity index (χ1v) is 8.80. The quantitative estimate of drug-likeness (QED) is 0.482. The van der Waals surface area contributed by atoms with E-state index in [1.165, 1.54) is 0 Å². The molecule has 27 heavy (non-hydrogen) atoms. The van der Waals surface area contributed by atoms with E-state index in [1.54, 1.807) is 19.1 Å². The topological polar surface area (TPSA) is 71.5 Å². The monoisotopic (exact) mass is 362 g/mol. The van der Waals surface area contributed by atoms with Gasteiger partial charge in [0.25, 0.3) is 0 Å². The maximum Gasteiger partial charge on any atom is 0.357 e. The summed E-state index contributed by atoms with van der Waals surface area (Å²) in [6.45, 7) is 7.72. The number of nitrogens with zero attached hydrogens (tertiary/aromatic N) is 1. The molecule has 5 heteroatoms. The predicted molar refractivity (Wildman–Crippen MR) is 108 cm³/mol. The van der Waals surface area contributed by atoms with Crippen molar-refractivity contribution in [3.05, 3.63) is 71.9 Å². The van der Waals surface area contributed by atoms with Crippen molar-refractivity contribution in [2.75, 3.05) is 11.9 Å². The van der Waals surface area contributed by atoms with Crippen molar-refractivity contribution in [3.8, 4) is 5.75 Å². The molecule has 5 nitrogen and oxygen atoms in total. The second-order valence-corrected chi connectivity index (χ2v) is 6.23. The minimum atomic E-state index is -0.528. The molecule has 0 radical (unpaired) electrons. The Bertz CT molecular complexity index is 995.